The highest BCUT2D eigenvalue weighted by Gasteiger charge is 2.32. The molecular weight excluding hydrogens is 413 g/mol. The molecule has 7 nitrogen and oxygen atoms in total. The van der Waals surface area contributed by atoms with Crippen LogP contribution in [0.4, 0.5) is 15.8 Å². The SMILES string of the molecule is CC(C)(C)C(=O)N1CCOc2ccc(NC(=O)Cc3coc(-c4ccc(F)cc4)n3)cc21. The third-order valence-electron chi connectivity index (χ3n) is 4.98. The molecule has 0 spiro atoms. The molecule has 1 N–H and O–H groups in total. The van der Waals surface area contributed by atoms with Crippen molar-refractivity contribution in [2.24, 2.45) is 5.41 Å². The number of benzene rings is 2. The standard InChI is InChI=1S/C24H24FN3O4/c1-24(2,3)23(30)28-10-11-31-20-9-8-17(12-19(20)28)26-21(29)13-18-14-32-22(27-18)15-4-6-16(25)7-5-15/h4-9,12,14H,10-11,13H2,1-3H3,(H,26,29). The molecule has 0 aliphatic carbocycles. The molecule has 32 heavy (non-hydrogen) atoms. The first-order chi connectivity index (χ1) is 15.2. The number of carbonyl (C=O) groups is 2. The van der Waals surface area contributed by atoms with Crippen LogP contribution in [0.1, 0.15) is 26.5 Å². The van der Waals surface area contributed by atoms with Gasteiger partial charge in [0, 0.05) is 16.7 Å². The number of hydrogen-bond donors (Lipinski definition) is 1. The molecule has 0 fully saturated rings. The van der Waals surface area contributed by atoms with Crippen LogP contribution in [0.3, 0.4) is 0 Å². The maximum atomic E-state index is 13.1. The first-order valence-corrected chi connectivity index (χ1v) is 10.3. The number of halogens is 1. The number of anilines is 2. The average Bonchev–Trinajstić information content (AvgIpc) is 3.20. The van der Waals surface area contributed by atoms with E-state index in [-0.39, 0.29) is 24.1 Å². The van der Waals surface area contributed by atoms with Crippen molar-refractivity contribution in [3.8, 4) is 17.2 Å². The van der Waals surface area contributed by atoms with Gasteiger partial charge >= 0.3 is 0 Å². The summed E-state index contributed by atoms with van der Waals surface area (Å²) in [6.07, 6.45) is 1.41. The normalized spacial score (nSPS) is 13.3. The molecule has 1 aromatic heterocycles. The summed E-state index contributed by atoms with van der Waals surface area (Å²) in [7, 11) is 0. The van der Waals surface area contributed by atoms with Crippen LogP contribution in [0, 0.1) is 11.2 Å². The predicted molar refractivity (Wildman–Crippen MR) is 118 cm³/mol. The lowest BCUT2D eigenvalue weighted by Crippen LogP contribution is -2.44. The molecule has 1 aliphatic heterocycles. The molecule has 0 saturated carbocycles. The number of amides is 2. The Kier molecular flexibility index (Phi) is 5.69. The van der Waals surface area contributed by atoms with Gasteiger partial charge in [-0.05, 0) is 42.5 Å². The fourth-order valence-corrected chi connectivity index (χ4v) is 3.39. The van der Waals surface area contributed by atoms with Crippen molar-refractivity contribution in [1.82, 2.24) is 4.98 Å². The summed E-state index contributed by atoms with van der Waals surface area (Å²) in [4.78, 5) is 31.4. The van der Waals surface area contributed by atoms with Crippen molar-refractivity contribution >= 4 is 23.2 Å². The van der Waals surface area contributed by atoms with E-state index in [1.165, 1.54) is 18.4 Å². The quantitative estimate of drug-likeness (QED) is 0.653. The van der Waals surface area contributed by atoms with E-state index in [1.54, 1.807) is 35.2 Å². The summed E-state index contributed by atoms with van der Waals surface area (Å²) in [6.45, 7) is 6.48. The number of carbonyl (C=O) groups excluding carboxylic acids is 2. The highest BCUT2D eigenvalue weighted by molar-refractivity contribution is 6.00. The molecule has 1 aliphatic rings. The van der Waals surface area contributed by atoms with E-state index >= 15 is 0 Å². The Morgan fingerprint density at radius 2 is 1.91 bits per heavy atom. The third kappa shape index (κ3) is 4.64. The van der Waals surface area contributed by atoms with Crippen molar-refractivity contribution in [2.45, 2.75) is 27.2 Å². The number of fused-ring (bicyclic) bond motifs is 1. The average molecular weight is 437 g/mol. The number of aromatic nitrogens is 1. The first kappa shape index (κ1) is 21.5. The van der Waals surface area contributed by atoms with Crippen molar-refractivity contribution in [1.29, 1.82) is 0 Å². The maximum absolute atomic E-state index is 13.1. The summed E-state index contributed by atoms with van der Waals surface area (Å²) >= 11 is 0. The summed E-state index contributed by atoms with van der Waals surface area (Å²) < 4.78 is 24.2. The van der Waals surface area contributed by atoms with E-state index in [1.807, 2.05) is 20.8 Å². The van der Waals surface area contributed by atoms with Gasteiger partial charge in [0.1, 0.15) is 24.4 Å². The fourth-order valence-electron chi connectivity index (χ4n) is 3.39. The predicted octanol–water partition coefficient (Wildman–Crippen LogP) is 4.43. The van der Waals surface area contributed by atoms with Crippen LogP contribution in [0.5, 0.6) is 5.75 Å². The molecule has 4 rings (SSSR count). The second-order valence-electron chi connectivity index (χ2n) is 8.61. The van der Waals surface area contributed by atoms with Gasteiger partial charge in [0.05, 0.1) is 24.3 Å². The van der Waals surface area contributed by atoms with Crippen LogP contribution < -0.4 is 15.0 Å². The summed E-state index contributed by atoms with van der Waals surface area (Å²) in [5.74, 6) is 0.274. The van der Waals surface area contributed by atoms with Crippen LogP contribution in [0.2, 0.25) is 0 Å². The molecule has 2 amide bonds. The Morgan fingerprint density at radius 3 is 2.62 bits per heavy atom. The largest absolute Gasteiger partial charge is 0.490 e. The zero-order valence-electron chi connectivity index (χ0n) is 18.1. The number of nitrogens with zero attached hydrogens (tertiary/aromatic N) is 2. The molecule has 0 atom stereocenters. The lowest BCUT2D eigenvalue weighted by atomic mass is 9.94. The highest BCUT2D eigenvalue weighted by Crippen LogP contribution is 2.36. The van der Waals surface area contributed by atoms with E-state index in [0.717, 1.165) is 0 Å². The van der Waals surface area contributed by atoms with Crippen molar-refractivity contribution in [2.75, 3.05) is 23.4 Å². The van der Waals surface area contributed by atoms with Crippen molar-refractivity contribution in [3.05, 3.63) is 60.2 Å². The van der Waals surface area contributed by atoms with Gasteiger partial charge in [-0.25, -0.2) is 9.37 Å². The highest BCUT2D eigenvalue weighted by atomic mass is 19.1. The molecule has 3 aromatic rings. The number of ether oxygens (including phenoxy) is 1. The second kappa shape index (κ2) is 8.45. The molecule has 2 aromatic carbocycles. The fraction of sp³-hybridized carbons (Fsp3) is 0.292. The first-order valence-electron chi connectivity index (χ1n) is 10.3. The summed E-state index contributed by atoms with van der Waals surface area (Å²) in [5, 5.41) is 2.83. The van der Waals surface area contributed by atoms with Gasteiger partial charge in [-0.2, -0.15) is 0 Å². The van der Waals surface area contributed by atoms with Crippen LogP contribution in [-0.4, -0.2) is 29.9 Å². The Labute approximate surface area is 185 Å². The Morgan fingerprint density at radius 1 is 1.16 bits per heavy atom. The minimum Gasteiger partial charge on any atom is -0.490 e. The monoisotopic (exact) mass is 437 g/mol. The van der Waals surface area contributed by atoms with E-state index < -0.39 is 5.41 Å². The minimum absolute atomic E-state index is 0.00289. The number of oxazole rings is 1. The van der Waals surface area contributed by atoms with Crippen molar-refractivity contribution in [3.63, 3.8) is 0 Å². The van der Waals surface area contributed by atoms with E-state index in [0.29, 0.717) is 47.4 Å². The Bertz CT molecular complexity index is 1150. The third-order valence-corrected chi connectivity index (χ3v) is 4.98. The van der Waals surface area contributed by atoms with Gasteiger partial charge in [0.25, 0.3) is 0 Å². The van der Waals surface area contributed by atoms with Crippen LogP contribution in [0.25, 0.3) is 11.5 Å². The van der Waals surface area contributed by atoms with E-state index in [2.05, 4.69) is 10.3 Å². The van der Waals surface area contributed by atoms with Gasteiger partial charge < -0.3 is 19.4 Å². The van der Waals surface area contributed by atoms with Gasteiger partial charge in [-0.1, -0.05) is 20.8 Å². The second-order valence-corrected chi connectivity index (χ2v) is 8.61. The molecule has 0 bridgehead atoms. The van der Waals surface area contributed by atoms with Gasteiger partial charge in [-0.15, -0.1) is 0 Å². The maximum Gasteiger partial charge on any atom is 0.232 e. The molecule has 166 valence electrons. The molecule has 8 heteroatoms. The summed E-state index contributed by atoms with van der Waals surface area (Å²) in [6, 6.07) is 11.0. The molecule has 2 heterocycles. The molecule has 0 unspecified atom stereocenters. The molecule has 0 saturated heterocycles. The number of nitrogens with one attached hydrogen (secondary N) is 1. The zero-order chi connectivity index (χ0) is 22.9. The zero-order valence-corrected chi connectivity index (χ0v) is 18.1. The van der Waals surface area contributed by atoms with Gasteiger partial charge in [-0.3, -0.25) is 9.59 Å². The smallest absolute Gasteiger partial charge is 0.232 e. The number of hydrogen-bond acceptors (Lipinski definition) is 5. The van der Waals surface area contributed by atoms with Crippen LogP contribution >= 0.6 is 0 Å². The van der Waals surface area contributed by atoms with Crippen LogP contribution in [-0.2, 0) is 16.0 Å². The molecule has 0 radical (unpaired) electrons. The van der Waals surface area contributed by atoms with E-state index in [9.17, 15) is 14.0 Å². The minimum atomic E-state index is -0.539. The Hall–Kier alpha value is -3.68. The lowest BCUT2D eigenvalue weighted by Gasteiger charge is -2.34. The van der Waals surface area contributed by atoms with Gasteiger partial charge in [0.2, 0.25) is 17.7 Å². The summed E-state index contributed by atoms with van der Waals surface area (Å²) in [5.41, 5.74) is 1.72. The van der Waals surface area contributed by atoms with Crippen molar-refractivity contribution < 1.29 is 23.1 Å². The number of rotatable bonds is 4. The lowest BCUT2D eigenvalue weighted by molar-refractivity contribution is -0.126. The Balaban J connectivity index is 1.46. The topological polar surface area (TPSA) is 84.7 Å². The van der Waals surface area contributed by atoms with Crippen LogP contribution in [0.15, 0.2) is 53.1 Å². The van der Waals surface area contributed by atoms with E-state index in [4.69, 9.17) is 9.15 Å². The molecular formula is C24H24FN3O4. The van der Waals surface area contributed by atoms with Gasteiger partial charge in [0.15, 0.2) is 0 Å².